The van der Waals surface area contributed by atoms with Crippen LogP contribution in [-0.4, -0.2) is 4.98 Å². The Balaban J connectivity index is 2.79. The molecule has 0 amide bonds. The fourth-order valence-corrected chi connectivity index (χ4v) is 2.02. The van der Waals surface area contributed by atoms with Crippen LogP contribution in [0, 0.1) is 7.14 Å². The highest BCUT2D eigenvalue weighted by atomic mass is 127. The minimum atomic E-state index is 1.07. The van der Waals surface area contributed by atoms with E-state index in [4.69, 9.17) is 0 Å². The summed E-state index contributed by atoms with van der Waals surface area (Å²) in [5.74, 6) is 0. The molecule has 0 aliphatic carbocycles. The Kier molecular flexibility index (Phi) is 2.49. The van der Waals surface area contributed by atoms with E-state index in [0.29, 0.717) is 0 Å². The highest BCUT2D eigenvalue weighted by Gasteiger charge is 1.95. The van der Waals surface area contributed by atoms with Crippen LogP contribution >= 0.6 is 45.2 Å². The predicted molar refractivity (Wildman–Crippen MR) is 67.2 cm³/mol. The van der Waals surface area contributed by atoms with Gasteiger partial charge in [-0.2, -0.15) is 0 Å². The monoisotopic (exact) mass is 381 g/mol. The highest BCUT2D eigenvalue weighted by molar-refractivity contribution is 14.1. The Morgan fingerprint density at radius 1 is 1.00 bits per heavy atom. The number of rotatable bonds is 0. The lowest BCUT2D eigenvalue weighted by atomic mass is 10.2. The van der Waals surface area contributed by atoms with Crippen LogP contribution in [0.25, 0.3) is 10.9 Å². The standard InChI is InChI=1S/C9H5I2N/c10-7-2-1-6-3-8(11)5-12-9(6)4-7/h1-5H. The first-order valence-corrected chi connectivity index (χ1v) is 5.62. The van der Waals surface area contributed by atoms with Crippen LogP contribution in [0.15, 0.2) is 30.5 Å². The number of halogens is 2. The first-order valence-electron chi connectivity index (χ1n) is 3.46. The molecule has 0 bridgehead atoms. The van der Waals surface area contributed by atoms with Crippen molar-refractivity contribution in [2.24, 2.45) is 0 Å². The second-order valence-electron chi connectivity index (χ2n) is 2.49. The molecule has 3 heteroatoms. The first-order chi connectivity index (χ1) is 5.75. The first kappa shape index (κ1) is 8.68. The van der Waals surface area contributed by atoms with E-state index in [1.165, 1.54) is 12.5 Å². The van der Waals surface area contributed by atoms with E-state index in [2.05, 4.69) is 74.4 Å². The zero-order chi connectivity index (χ0) is 8.55. The smallest absolute Gasteiger partial charge is 0.0713 e. The van der Waals surface area contributed by atoms with Gasteiger partial charge in [0.1, 0.15) is 0 Å². The van der Waals surface area contributed by atoms with Gasteiger partial charge in [0.15, 0.2) is 0 Å². The quantitative estimate of drug-likeness (QED) is 0.638. The van der Waals surface area contributed by atoms with E-state index in [-0.39, 0.29) is 0 Å². The Hall–Kier alpha value is 0.0900. The van der Waals surface area contributed by atoms with Crippen molar-refractivity contribution in [1.82, 2.24) is 4.98 Å². The minimum Gasteiger partial charge on any atom is -0.255 e. The Morgan fingerprint density at radius 3 is 2.67 bits per heavy atom. The summed E-state index contributed by atoms with van der Waals surface area (Å²) in [6.07, 6.45) is 1.89. The Labute approximate surface area is 97.9 Å². The van der Waals surface area contributed by atoms with Crippen LogP contribution in [0.2, 0.25) is 0 Å². The van der Waals surface area contributed by atoms with Gasteiger partial charge in [-0.15, -0.1) is 0 Å². The van der Waals surface area contributed by atoms with Crippen molar-refractivity contribution in [1.29, 1.82) is 0 Å². The van der Waals surface area contributed by atoms with Gasteiger partial charge in [0.2, 0.25) is 0 Å². The second-order valence-corrected chi connectivity index (χ2v) is 4.98. The third-order valence-corrected chi connectivity index (χ3v) is 2.87. The zero-order valence-corrected chi connectivity index (χ0v) is 10.4. The highest BCUT2D eigenvalue weighted by Crippen LogP contribution is 2.17. The van der Waals surface area contributed by atoms with Gasteiger partial charge in [0.25, 0.3) is 0 Å². The molecule has 0 saturated heterocycles. The molecule has 0 fully saturated rings. The third-order valence-electron chi connectivity index (χ3n) is 1.61. The van der Waals surface area contributed by atoms with Gasteiger partial charge in [-0.25, -0.2) is 0 Å². The van der Waals surface area contributed by atoms with E-state index >= 15 is 0 Å². The molecule has 0 aliphatic rings. The van der Waals surface area contributed by atoms with Crippen LogP contribution in [0.1, 0.15) is 0 Å². The van der Waals surface area contributed by atoms with Gasteiger partial charge in [-0.1, -0.05) is 6.07 Å². The molecule has 1 aromatic heterocycles. The maximum absolute atomic E-state index is 4.33. The van der Waals surface area contributed by atoms with Crippen LogP contribution in [-0.2, 0) is 0 Å². The average Bonchev–Trinajstić information content (AvgIpc) is 2.05. The molecule has 2 aromatic rings. The predicted octanol–water partition coefficient (Wildman–Crippen LogP) is 3.44. The number of pyridine rings is 1. The largest absolute Gasteiger partial charge is 0.255 e. The van der Waals surface area contributed by atoms with Gasteiger partial charge in [-0.3, -0.25) is 4.98 Å². The molecule has 0 unspecified atom stereocenters. The SMILES string of the molecule is Ic1cnc2cc(I)ccc2c1. The number of benzene rings is 1. The lowest BCUT2D eigenvalue weighted by Crippen LogP contribution is -1.81. The summed E-state index contributed by atoms with van der Waals surface area (Å²) >= 11 is 4.57. The number of aromatic nitrogens is 1. The second kappa shape index (κ2) is 3.45. The van der Waals surface area contributed by atoms with Crippen molar-refractivity contribution >= 4 is 56.1 Å². The number of hydrogen-bond acceptors (Lipinski definition) is 1. The van der Waals surface area contributed by atoms with E-state index in [0.717, 1.165) is 5.52 Å². The van der Waals surface area contributed by atoms with E-state index in [1.807, 2.05) is 6.20 Å². The molecule has 0 N–H and O–H groups in total. The minimum absolute atomic E-state index is 1.07. The summed E-state index contributed by atoms with van der Waals surface area (Å²) in [7, 11) is 0. The summed E-state index contributed by atoms with van der Waals surface area (Å²) in [6, 6.07) is 8.43. The summed E-state index contributed by atoms with van der Waals surface area (Å²) in [4.78, 5) is 4.33. The lowest BCUT2D eigenvalue weighted by molar-refractivity contribution is 1.38. The van der Waals surface area contributed by atoms with Crippen molar-refractivity contribution in [3.8, 4) is 0 Å². The van der Waals surface area contributed by atoms with Crippen molar-refractivity contribution < 1.29 is 0 Å². The van der Waals surface area contributed by atoms with Crippen LogP contribution in [0.5, 0.6) is 0 Å². The molecule has 0 aliphatic heterocycles. The zero-order valence-electron chi connectivity index (χ0n) is 6.09. The molecule has 1 aromatic carbocycles. The molecule has 1 heterocycles. The van der Waals surface area contributed by atoms with Gasteiger partial charge < -0.3 is 0 Å². The van der Waals surface area contributed by atoms with Crippen molar-refractivity contribution in [3.05, 3.63) is 37.6 Å². The Morgan fingerprint density at radius 2 is 1.83 bits per heavy atom. The van der Waals surface area contributed by atoms with Gasteiger partial charge >= 0.3 is 0 Å². The molecular weight excluding hydrogens is 376 g/mol. The molecule has 60 valence electrons. The molecule has 2 rings (SSSR count). The molecular formula is C9H5I2N. The normalized spacial score (nSPS) is 10.5. The van der Waals surface area contributed by atoms with Gasteiger partial charge in [0.05, 0.1) is 5.52 Å². The molecule has 0 saturated carbocycles. The lowest BCUT2D eigenvalue weighted by Gasteiger charge is -1.97. The van der Waals surface area contributed by atoms with E-state index in [1.54, 1.807) is 0 Å². The van der Waals surface area contributed by atoms with Crippen LogP contribution in [0.3, 0.4) is 0 Å². The fraction of sp³-hybridized carbons (Fsp3) is 0. The topological polar surface area (TPSA) is 12.9 Å². The summed E-state index contributed by atoms with van der Waals surface area (Å²) in [5, 5.41) is 1.21. The van der Waals surface area contributed by atoms with Crippen molar-refractivity contribution in [2.75, 3.05) is 0 Å². The number of fused-ring (bicyclic) bond motifs is 1. The molecule has 12 heavy (non-hydrogen) atoms. The Bertz CT molecular complexity index is 385. The number of hydrogen-bond donors (Lipinski definition) is 0. The average molecular weight is 381 g/mol. The van der Waals surface area contributed by atoms with Crippen molar-refractivity contribution in [3.63, 3.8) is 0 Å². The maximum atomic E-state index is 4.33. The van der Waals surface area contributed by atoms with Gasteiger partial charge in [0, 0.05) is 18.7 Å². The summed E-state index contributed by atoms with van der Waals surface area (Å²) in [6.45, 7) is 0. The maximum Gasteiger partial charge on any atom is 0.0713 e. The van der Waals surface area contributed by atoms with Crippen molar-refractivity contribution in [2.45, 2.75) is 0 Å². The summed E-state index contributed by atoms with van der Waals surface area (Å²) in [5.41, 5.74) is 1.07. The molecule has 0 atom stereocenters. The molecule has 0 spiro atoms. The fourth-order valence-electron chi connectivity index (χ4n) is 1.07. The van der Waals surface area contributed by atoms with Crippen LogP contribution < -0.4 is 0 Å². The molecule has 0 radical (unpaired) electrons. The van der Waals surface area contributed by atoms with E-state index < -0.39 is 0 Å². The van der Waals surface area contributed by atoms with Gasteiger partial charge in [-0.05, 0) is 63.4 Å². The molecule has 1 nitrogen and oxygen atoms in total. The third kappa shape index (κ3) is 1.71. The summed E-state index contributed by atoms with van der Waals surface area (Å²) < 4.78 is 2.41. The van der Waals surface area contributed by atoms with E-state index in [9.17, 15) is 0 Å². The van der Waals surface area contributed by atoms with Crippen LogP contribution in [0.4, 0.5) is 0 Å². The number of nitrogens with zero attached hydrogens (tertiary/aromatic N) is 1.